The molecule has 2 aliphatic heterocycles. The Bertz CT molecular complexity index is 986. The third-order valence-electron chi connectivity index (χ3n) is 5.37. The first kappa shape index (κ1) is 19.2. The van der Waals surface area contributed by atoms with Gasteiger partial charge in [0.15, 0.2) is 5.52 Å². The van der Waals surface area contributed by atoms with Crippen LogP contribution in [0.2, 0.25) is 0 Å². The number of rotatable bonds is 5. The lowest BCUT2D eigenvalue weighted by molar-refractivity contribution is -0.000407. The first-order valence-electron chi connectivity index (χ1n) is 10.4. The molecule has 0 saturated carbocycles. The summed E-state index contributed by atoms with van der Waals surface area (Å²) in [5.41, 5.74) is 4.45. The minimum Gasteiger partial charge on any atom is -0.473 e. The molecule has 1 N–H and O–H groups in total. The highest BCUT2D eigenvalue weighted by molar-refractivity contribution is 5.83. The van der Waals surface area contributed by atoms with Crippen molar-refractivity contribution in [2.45, 2.75) is 6.10 Å². The lowest BCUT2D eigenvalue weighted by atomic mass is 10.1. The van der Waals surface area contributed by atoms with Crippen LogP contribution in [0.4, 0.5) is 5.69 Å². The normalized spacial score (nSPS) is 19.7. The highest BCUT2D eigenvalue weighted by atomic mass is 16.5. The van der Waals surface area contributed by atoms with Gasteiger partial charge < -0.3 is 24.4 Å². The summed E-state index contributed by atoms with van der Waals surface area (Å²) in [7, 11) is 0. The number of aromatic nitrogens is 3. The summed E-state index contributed by atoms with van der Waals surface area (Å²) in [4.78, 5) is 16.0. The molecule has 1 unspecified atom stereocenters. The van der Waals surface area contributed by atoms with Gasteiger partial charge in [-0.05, 0) is 18.2 Å². The lowest BCUT2D eigenvalue weighted by Crippen LogP contribution is -2.41. The maximum atomic E-state index is 6.04. The highest BCUT2D eigenvalue weighted by Crippen LogP contribution is 2.28. The van der Waals surface area contributed by atoms with Gasteiger partial charge in [-0.2, -0.15) is 0 Å². The Morgan fingerprint density at radius 1 is 1.07 bits per heavy atom. The van der Waals surface area contributed by atoms with E-state index in [9.17, 15) is 0 Å². The molecular weight excluding hydrogens is 382 g/mol. The van der Waals surface area contributed by atoms with E-state index >= 15 is 0 Å². The van der Waals surface area contributed by atoms with Gasteiger partial charge >= 0.3 is 0 Å². The molecule has 1 aromatic carbocycles. The summed E-state index contributed by atoms with van der Waals surface area (Å²) in [6, 6.07) is 10.4. The van der Waals surface area contributed by atoms with Crippen LogP contribution in [-0.2, 0) is 9.47 Å². The van der Waals surface area contributed by atoms with Crippen molar-refractivity contribution in [1.29, 1.82) is 0 Å². The van der Waals surface area contributed by atoms with Gasteiger partial charge in [0.2, 0.25) is 5.88 Å². The molecule has 2 aliphatic rings. The molecule has 8 nitrogen and oxygen atoms in total. The number of pyridine rings is 1. The molecule has 8 heteroatoms. The maximum absolute atomic E-state index is 6.04. The SMILES string of the molecule is c1cnc2c(OCC3CNCCO3)nc(-c3ccc(N4CCOCC4)cc3)cc2n1. The molecular formula is C22H25N5O3. The number of nitrogens with zero attached hydrogens (tertiary/aromatic N) is 4. The molecule has 0 bridgehead atoms. The third-order valence-corrected chi connectivity index (χ3v) is 5.37. The van der Waals surface area contributed by atoms with E-state index in [4.69, 9.17) is 19.2 Å². The van der Waals surface area contributed by atoms with Gasteiger partial charge in [-0.15, -0.1) is 0 Å². The van der Waals surface area contributed by atoms with Gasteiger partial charge in [-0.3, -0.25) is 4.98 Å². The fraction of sp³-hybridized carbons (Fsp3) is 0.409. The van der Waals surface area contributed by atoms with Gasteiger partial charge in [0.25, 0.3) is 0 Å². The van der Waals surface area contributed by atoms with Crippen molar-refractivity contribution in [3.05, 3.63) is 42.7 Å². The first-order chi connectivity index (χ1) is 14.9. The molecule has 30 heavy (non-hydrogen) atoms. The smallest absolute Gasteiger partial charge is 0.242 e. The molecule has 0 amide bonds. The van der Waals surface area contributed by atoms with Gasteiger partial charge in [-0.25, -0.2) is 9.97 Å². The molecule has 3 aromatic rings. The first-order valence-corrected chi connectivity index (χ1v) is 10.4. The third kappa shape index (κ3) is 4.21. The average molecular weight is 407 g/mol. The van der Waals surface area contributed by atoms with Crippen molar-refractivity contribution >= 4 is 16.7 Å². The van der Waals surface area contributed by atoms with Crippen LogP contribution in [0.1, 0.15) is 0 Å². The molecule has 0 radical (unpaired) electrons. The van der Waals surface area contributed by atoms with Crippen molar-refractivity contribution in [2.75, 3.05) is 57.5 Å². The Labute approximate surface area is 175 Å². The van der Waals surface area contributed by atoms with Crippen molar-refractivity contribution in [2.24, 2.45) is 0 Å². The van der Waals surface area contributed by atoms with Crippen molar-refractivity contribution in [3.8, 4) is 17.1 Å². The Balaban J connectivity index is 1.41. The van der Waals surface area contributed by atoms with Crippen LogP contribution < -0.4 is 15.0 Å². The van der Waals surface area contributed by atoms with Crippen LogP contribution >= 0.6 is 0 Å². The summed E-state index contributed by atoms with van der Waals surface area (Å²) in [6.45, 7) is 6.13. The zero-order chi connectivity index (χ0) is 20.2. The van der Waals surface area contributed by atoms with Crippen LogP contribution in [-0.4, -0.2) is 73.7 Å². The van der Waals surface area contributed by atoms with Crippen LogP contribution in [0.25, 0.3) is 22.3 Å². The lowest BCUT2D eigenvalue weighted by Gasteiger charge is -2.28. The summed E-state index contributed by atoms with van der Waals surface area (Å²) >= 11 is 0. The standard InChI is InChI=1S/C22H25N5O3/c1-3-17(27-8-11-28-12-9-27)4-2-16(1)19-13-20-21(25-6-5-24-20)22(26-19)30-15-18-14-23-7-10-29-18/h1-6,13,18,23H,7-12,14-15H2. The number of benzene rings is 1. The van der Waals surface area contributed by atoms with E-state index in [1.807, 2.05) is 6.07 Å². The number of hydrogen-bond acceptors (Lipinski definition) is 8. The zero-order valence-electron chi connectivity index (χ0n) is 16.8. The zero-order valence-corrected chi connectivity index (χ0v) is 16.8. The second-order valence-corrected chi connectivity index (χ2v) is 7.39. The summed E-state index contributed by atoms with van der Waals surface area (Å²) in [6.07, 6.45) is 3.35. The minimum absolute atomic E-state index is 0.00346. The minimum atomic E-state index is 0.00346. The molecule has 0 spiro atoms. The fourth-order valence-electron chi connectivity index (χ4n) is 3.76. The molecule has 2 saturated heterocycles. The number of hydrogen-bond donors (Lipinski definition) is 1. The Hall–Kier alpha value is -2.81. The predicted octanol–water partition coefficient (Wildman–Crippen LogP) is 1.90. The molecule has 156 valence electrons. The number of nitrogens with one attached hydrogen (secondary N) is 1. The van der Waals surface area contributed by atoms with Crippen LogP contribution in [0.3, 0.4) is 0 Å². The van der Waals surface area contributed by atoms with Gasteiger partial charge in [0.1, 0.15) is 12.7 Å². The maximum Gasteiger partial charge on any atom is 0.242 e. The van der Waals surface area contributed by atoms with Crippen molar-refractivity contribution in [3.63, 3.8) is 0 Å². The quantitative estimate of drug-likeness (QED) is 0.687. The number of ether oxygens (including phenoxy) is 3. The van der Waals surface area contributed by atoms with Gasteiger partial charge in [0.05, 0.1) is 31.0 Å². The summed E-state index contributed by atoms with van der Waals surface area (Å²) in [5.74, 6) is 0.488. The second-order valence-electron chi connectivity index (χ2n) is 7.39. The predicted molar refractivity (Wildman–Crippen MR) is 114 cm³/mol. The second kappa shape index (κ2) is 8.91. The average Bonchev–Trinajstić information content (AvgIpc) is 2.84. The molecule has 5 rings (SSSR count). The van der Waals surface area contributed by atoms with E-state index in [0.29, 0.717) is 24.6 Å². The Morgan fingerprint density at radius 3 is 2.70 bits per heavy atom. The van der Waals surface area contributed by atoms with E-state index in [1.165, 1.54) is 5.69 Å². The van der Waals surface area contributed by atoms with E-state index in [2.05, 4.69) is 44.5 Å². The fourth-order valence-corrected chi connectivity index (χ4v) is 3.76. The largest absolute Gasteiger partial charge is 0.473 e. The van der Waals surface area contributed by atoms with Crippen LogP contribution in [0.15, 0.2) is 42.7 Å². The molecule has 2 fully saturated rings. The van der Waals surface area contributed by atoms with Crippen LogP contribution in [0.5, 0.6) is 5.88 Å². The molecule has 1 atom stereocenters. The summed E-state index contributed by atoms with van der Waals surface area (Å²) < 4.78 is 17.2. The summed E-state index contributed by atoms with van der Waals surface area (Å²) in [5, 5.41) is 3.31. The molecule has 0 aliphatic carbocycles. The van der Waals surface area contributed by atoms with E-state index in [1.54, 1.807) is 12.4 Å². The highest BCUT2D eigenvalue weighted by Gasteiger charge is 2.17. The van der Waals surface area contributed by atoms with Gasteiger partial charge in [0, 0.05) is 49.8 Å². The van der Waals surface area contributed by atoms with E-state index in [-0.39, 0.29) is 6.10 Å². The van der Waals surface area contributed by atoms with Crippen molar-refractivity contribution < 1.29 is 14.2 Å². The monoisotopic (exact) mass is 407 g/mol. The van der Waals surface area contributed by atoms with Gasteiger partial charge in [-0.1, -0.05) is 12.1 Å². The number of morpholine rings is 2. The number of fused-ring (bicyclic) bond motifs is 1. The van der Waals surface area contributed by atoms with E-state index < -0.39 is 0 Å². The molecule has 4 heterocycles. The Kier molecular flexibility index (Phi) is 5.69. The number of anilines is 1. The molecule has 2 aromatic heterocycles. The Morgan fingerprint density at radius 2 is 1.90 bits per heavy atom. The van der Waals surface area contributed by atoms with Crippen LogP contribution in [0, 0.1) is 0 Å². The van der Waals surface area contributed by atoms with E-state index in [0.717, 1.165) is 56.2 Å². The topological polar surface area (TPSA) is 81.6 Å². The van der Waals surface area contributed by atoms with Crippen molar-refractivity contribution in [1.82, 2.24) is 20.3 Å².